The van der Waals surface area contributed by atoms with Gasteiger partial charge in [-0.2, -0.15) is 0 Å². The minimum atomic E-state index is 0.714. The van der Waals surface area contributed by atoms with Gasteiger partial charge in [0, 0.05) is 21.2 Å². The highest BCUT2D eigenvalue weighted by Crippen LogP contribution is 2.34. The van der Waals surface area contributed by atoms with Gasteiger partial charge in [0.05, 0.1) is 11.4 Å². The second kappa shape index (κ2) is 9.28. The summed E-state index contributed by atoms with van der Waals surface area (Å²) in [4.78, 5) is 9.99. The molecule has 3 heteroatoms. The Bertz CT molecular complexity index is 1590. The van der Waals surface area contributed by atoms with E-state index in [1.165, 1.54) is 16.3 Å². The van der Waals surface area contributed by atoms with Crippen LogP contribution in [-0.2, 0) is 0 Å². The zero-order chi connectivity index (χ0) is 23.6. The van der Waals surface area contributed by atoms with Gasteiger partial charge in [-0.05, 0) is 46.2 Å². The molecule has 6 rings (SSSR count). The van der Waals surface area contributed by atoms with E-state index in [0.717, 1.165) is 38.1 Å². The van der Waals surface area contributed by atoms with E-state index in [1.807, 2.05) is 36.4 Å². The summed E-state index contributed by atoms with van der Waals surface area (Å²) >= 11 is 3.69. The van der Waals surface area contributed by atoms with Crippen LogP contribution < -0.4 is 0 Å². The first kappa shape index (κ1) is 21.5. The van der Waals surface area contributed by atoms with Gasteiger partial charge in [0.25, 0.3) is 0 Å². The molecule has 2 nitrogen and oxygen atoms in total. The second-order valence-corrected chi connectivity index (χ2v) is 9.37. The number of hydrogen-bond acceptors (Lipinski definition) is 2. The van der Waals surface area contributed by atoms with Crippen LogP contribution in [0.4, 0.5) is 0 Å². The maximum Gasteiger partial charge on any atom is 0.160 e. The summed E-state index contributed by atoms with van der Waals surface area (Å²) in [5.41, 5.74) is 7.27. The van der Waals surface area contributed by atoms with Crippen molar-refractivity contribution in [2.24, 2.45) is 0 Å². The molecule has 1 heterocycles. The van der Waals surface area contributed by atoms with Crippen molar-refractivity contribution in [2.45, 2.75) is 0 Å². The van der Waals surface area contributed by atoms with Gasteiger partial charge in [-0.3, -0.25) is 0 Å². The minimum Gasteiger partial charge on any atom is -0.228 e. The van der Waals surface area contributed by atoms with Crippen LogP contribution in [0.5, 0.6) is 0 Å². The maximum atomic E-state index is 4.99. The van der Waals surface area contributed by atoms with Crippen LogP contribution in [0, 0.1) is 0 Å². The number of aromatic nitrogens is 2. The molecule has 0 bridgehead atoms. The highest BCUT2D eigenvalue weighted by molar-refractivity contribution is 9.10. The van der Waals surface area contributed by atoms with Gasteiger partial charge in [-0.25, -0.2) is 9.97 Å². The number of fused-ring (bicyclic) bond motifs is 1. The molecular formula is C32H21BrN2. The van der Waals surface area contributed by atoms with Crippen LogP contribution >= 0.6 is 15.9 Å². The van der Waals surface area contributed by atoms with Gasteiger partial charge in [0.2, 0.25) is 0 Å². The molecule has 0 aliphatic carbocycles. The Kier molecular flexibility index (Phi) is 5.69. The zero-order valence-electron chi connectivity index (χ0n) is 18.9. The topological polar surface area (TPSA) is 25.8 Å². The molecule has 0 saturated carbocycles. The first-order chi connectivity index (χ1) is 17.2. The summed E-state index contributed by atoms with van der Waals surface area (Å²) in [6.07, 6.45) is 0. The number of rotatable bonds is 4. The van der Waals surface area contributed by atoms with Crippen molar-refractivity contribution in [3.05, 3.63) is 132 Å². The molecule has 0 aliphatic heterocycles. The lowest BCUT2D eigenvalue weighted by Gasteiger charge is -2.12. The third-order valence-corrected chi connectivity index (χ3v) is 6.58. The molecular weight excluding hydrogens is 492 g/mol. The molecule has 166 valence electrons. The molecule has 6 aromatic rings. The Labute approximate surface area is 213 Å². The van der Waals surface area contributed by atoms with Gasteiger partial charge in [0.15, 0.2) is 5.82 Å². The van der Waals surface area contributed by atoms with E-state index < -0.39 is 0 Å². The molecule has 0 saturated heterocycles. The number of benzene rings is 5. The molecule has 0 atom stereocenters. The van der Waals surface area contributed by atoms with Crippen LogP contribution in [-0.4, -0.2) is 9.97 Å². The van der Waals surface area contributed by atoms with Crippen molar-refractivity contribution in [1.82, 2.24) is 9.97 Å². The third kappa shape index (κ3) is 4.39. The van der Waals surface area contributed by atoms with Crippen molar-refractivity contribution >= 4 is 26.7 Å². The molecule has 0 N–H and O–H groups in total. The fourth-order valence-corrected chi connectivity index (χ4v) is 4.90. The smallest absolute Gasteiger partial charge is 0.160 e. The fourth-order valence-electron chi connectivity index (χ4n) is 4.43. The molecule has 0 fully saturated rings. The summed E-state index contributed by atoms with van der Waals surface area (Å²) in [5.74, 6) is 0.714. The van der Waals surface area contributed by atoms with E-state index in [4.69, 9.17) is 9.97 Å². The highest BCUT2D eigenvalue weighted by Gasteiger charge is 2.12. The van der Waals surface area contributed by atoms with Crippen LogP contribution in [0.3, 0.4) is 0 Å². The summed E-state index contributed by atoms with van der Waals surface area (Å²) in [6, 6.07) is 43.9. The lowest BCUT2D eigenvalue weighted by atomic mass is 9.97. The molecule has 0 unspecified atom stereocenters. The molecule has 5 aromatic carbocycles. The molecule has 1 aromatic heterocycles. The van der Waals surface area contributed by atoms with Gasteiger partial charge in [-0.1, -0.05) is 119 Å². The summed E-state index contributed by atoms with van der Waals surface area (Å²) in [7, 11) is 0. The predicted molar refractivity (Wildman–Crippen MR) is 149 cm³/mol. The molecule has 35 heavy (non-hydrogen) atoms. The largest absolute Gasteiger partial charge is 0.228 e. The lowest BCUT2D eigenvalue weighted by Crippen LogP contribution is -1.96. The van der Waals surface area contributed by atoms with Crippen LogP contribution in [0.2, 0.25) is 0 Å². The second-order valence-electron chi connectivity index (χ2n) is 8.45. The van der Waals surface area contributed by atoms with Crippen molar-refractivity contribution < 1.29 is 0 Å². The fraction of sp³-hybridized carbons (Fsp3) is 0. The normalized spacial score (nSPS) is 11.0. The monoisotopic (exact) mass is 512 g/mol. The van der Waals surface area contributed by atoms with E-state index in [1.54, 1.807) is 0 Å². The molecule has 0 radical (unpaired) electrons. The number of hydrogen-bond donors (Lipinski definition) is 0. The number of nitrogens with zero attached hydrogens (tertiary/aromatic N) is 2. The third-order valence-electron chi connectivity index (χ3n) is 6.12. The lowest BCUT2D eigenvalue weighted by molar-refractivity contribution is 1.18. The first-order valence-electron chi connectivity index (χ1n) is 11.5. The van der Waals surface area contributed by atoms with Gasteiger partial charge >= 0.3 is 0 Å². The van der Waals surface area contributed by atoms with Gasteiger partial charge in [0.1, 0.15) is 0 Å². The molecule has 0 spiro atoms. The zero-order valence-corrected chi connectivity index (χ0v) is 20.5. The number of halogens is 1. The first-order valence-corrected chi connectivity index (χ1v) is 12.3. The standard InChI is InChI=1S/C32H21BrN2/c33-27-19-25-14-7-8-17-28(25)29(20-27)24-15-9-16-26(18-24)32-34-30(22-10-3-1-4-11-22)21-31(35-32)23-12-5-2-6-13-23/h1-21H. The van der Waals surface area contributed by atoms with Gasteiger partial charge in [-0.15, -0.1) is 0 Å². The quantitative estimate of drug-likeness (QED) is 0.235. The van der Waals surface area contributed by atoms with Crippen molar-refractivity contribution in [3.63, 3.8) is 0 Å². The Morgan fingerprint density at radius 2 is 1.03 bits per heavy atom. The summed E-state index contributed by atoms with van der Waals surface area (Å²) < 4.78 is 1.06. The van der Waals surface area contributed by atoms with E-state index >= 15 is 0 Å². The van der Waals surface area contributed by atoms with Crippen molar-refractivity contribution in [1.29, 1.82) is 0 Å². The van der Waals surface area contributed by atoms with Gasteiger partial charge < -0.3 is 0 Å². The van der Waals surface area contributed by atoms with Crippen LogP contribution in [0.1, 0.15) is 0 Å². The molecule has 0 amide bonds. The van der Waals surface area contributed by atoms with Crippen LogP contribution in [0.25, 0.3) is 55.8 Å². The van der Waals surface area contributed by atoms with E-state index in [0.29, 0.717) is 5.82 Å². The van der Waals surface area contributed by atoms with E-state index in [2.05, 4.69) is 107 Å². The maximum absolute atomic E-state index is 4.99. The summed E-state index contributed by atoms with van der Waals surface area (Å²) in [5, 5.41) is 2.42. The molecule has 0 aliphatic rings. The average Bonchev–Trinajstić information content (AvgIpc) is 2.93. The Hall–Kier alpha value is -4.08. The summed E-state index contributed by atoms with van der Waals surface area (Å²) in [6.45, 7) is 0. The average molecular weight is 513 g/mol. The SMILES string of the molecule is Brc1cc(-c2cccc(-c3nc(-c4ccccc4)cc(-c4ccccc4)n3)c2)c2ccccc2c1. The van der Waals surface area contributed by atoms with Crippen LogP contribution in [0.15, 0.2) is 132 Å². The Morgan fingerprint density at radius 1 is 0.457 bits per heavy atom. The Morgan fingerprint density at radius 3 is 1.71 bits per heavy atom. The highest BCUT2D eigenvalue weighted by atomic mass is 79.9. The minimum absolute atomic E-state index is 0.714. The Balaban J connectivity index is 1.53. The van der Waals surface area contributed by atoms with Crippen molar-refractivity contribution in [3.8, 4) is 45.0 Å². The van der Waals surface area contributed by atoms with E-state index in [9.17, 15) is 0 Å². The van der Waals surface area contributed by atoms with E-state index in [-0.39, 0.29) is 0 Å². The van der Waals surface area contributed by atoms with Crippen molar-refractivity contribution in [2.75, 3.05) is 0 Å². The predicted octanol–water partition coefficient (Wildman–Crippen LogP) is 9.06.